The summed E-state index contributed by atoms with van der Waals surface area (Å²) >= 11 is 0. The molecule has 1 unspecified atom stereocenters. The lowest BCUT2D eigenvalue weighted by molar-refractivity contribution is 0.0949. The van der Waals surface area contributed by atoms with Crippen LogP contribution in [-0.4, -0.2) is 43.5 Å². The number of carbonyl (C=O) groups excluding carboxylic acids is 1. The van der Waals surface area contributed by atoms with Crippen LogP contribution in [-0.2, 0) is 5.41 Å². The largest absolute Gasteiger partial charge is 0.490 e. The van der Waals surface area contributed by atoms with Crippen LogP contribution in [0.4, 0.5) is 18.9 Å². The van der Waals surface area contributed by atoms with Gasteiger partial charge in [-0.15, -0.1) is 0 Å². The zero-order valence-electron chi connectivity index (χ0n) is 24.0. The van der Waals surface area contributed by atoms with Crippen molar-refractivity contribution in [3.05, 3.63) is 76.4 Å². The number of hydrogen-bond donors (Lipinski definition) is 3. The fourth-order valence-electron chi connectivity index (χ4n) is 5.55. The maximum absolute atomic E-state index is 14.3. The first kappa shape index (κ1) is 28.9. The van der Waals surface area contributed by atoms with Crippen molar-refractivity contribution >= 4 is 17.7 Å². The molecule has 3 aromatic rings. The predicted molar refractivity (Wildman–Crippen MR) is 159 cm³/mol. The highest BCUT2D eigenvalue weighted by molar-refractivity contribution is 5.96. The van der Waals surface area contributed by atoms with Crippen LogP contribution in [0, 0.1) is 11.7 Å². The first-order valence-corrected chi connectivity index (χ1v) is 14.6. The van der Waals surface area contributed by atoms with Crippen LogP contribution in [0.15, 0.2) is 48.2 Å². The minimum absolute atomic E-state index is 0.0848. The van der Waals surface area contributed by atoms with Crippen molar-refractivity contribution in [3.8, 4) is 22.8 Å². The van der Waals surface area contributed by atoms with E-state index in [-0.39, 0.29) is 37.0 Å². The molecule has 7 nitrogen and oxygen atoms in total. The van der Waals surface area contributed by atoms with Gasteiger partial charge in [0, 0.05) is 46.1 Å². The van der Waals surface area contributed by atoms with Gasteiger partial charge in [-0.05, 0) is 87.1 Å². The van der Waals surface area contributed by atoms with E-state index in [4.69, 9.17) is 25.9 Å². The topological polar surface area (TPSA) is 112 Å². The quantitative estimate of drug-likeness (QED) is 0.242. The Morgan fingerprint density at radius 3 is 2.51 bits per heavy atom. The molecule has 1 aliphatic heterocycles. The number of nitrogens with zero attached hydrogens (tertiary/aromatic N) is 1. The molecular formula is C33H35F3N4O3. The van der Waals surface area contributed by atoms with Crippen LogP contribution < -0.4 is 26.3 Å². The first-order valence-electron chi connectivity index (χ1n) is 14.6. The molecule has 0 bridgehead atoms. The maximum atomic E-state index is 14.3. The number of nitrogen functional groups attached to an aromatic ring is 1. The molecule has 10 heteroatoms. The van der Waals surface area contributed by atoms with Crippen molar-refractivity contribution in [3.63, 3.8) is 0 Å². The number of allylic oxidation sites excluding steroid dienone is 1. The number of pyridine rings is 1. The number of anilines is 1. The molecule has 2 aliphatic carbocycles. The van der Waals surface area contributed by atoms with Crippen molar-refractivity contribution in [2.24, 2.45) is 11.7 Å². The summed E-state index contributed by atoms with van der Waals surface area (Å²) in [5.74, 6) is 0.0438. The van der Waals surface area contributed by atoms with Gasteiger partial charge in [0.05, 0.1) is 17.2 Å². The Morgan fingerprint density at radius 1 is 1.16 bits per heavy atom. The number of halogens is 3. The van der Waals surface area contributed by atoms with Gasteiger partial charge < -0.3 is 26.3 Å². The molecule has 3 aliphatic rings. The van der Waals surface area contributed by atoms with Gasteiger partial charge in [-0.1, -0.05) is 0 Å². The van der Waals surface area contributed by atoms with Gasteiger partial charge in [-0.25, -0.2) is 18.2 Å². The number of nitrogens with one attached hydrogen (secondary N) is 1. The first-order chi connectivity index (χ1) is 20.7. The Balaban J connectivity index is 1.33. The Labute approximate surface area is 248 Å². The Kier molecular flexibility index (Phi) is 7.70. The van der Waals surface area contributed by atoms with Crippen LogP contribution in [0.1, 0.15) is 65.7 Å². The maximum Gasteiger partial charge on any atom is 0.251 e. The van der Waals surface area contributed by atoms with E-state index in [0.717, 1.165) is 25.7 Å². The van der Waals surface area contributed by atoms with E-state index in [0.29, 0.717) is 56.5 Å². The van der Waals surface area contributed by atoms with Crippen LogP contribution >= 0.6 is 0 Å². The molecule has 2 heterocycles. The molecule has 226 valence electrons. The average molecular weight is 593 g/mol. The summed E-state index contributed by atoms with van der Waals surface area (Å²) < 4.78 is 54.2. The van der Waals surface area contributed by atoms with Crippen LogP contribution in [0.5, 0.6) is 11.5 Å². The number of aromatic nitrogens is 1. The molecule has 1 amide bonds. The SMILES string of the molecule is C/C(N)=C/c1cc(C(=O)NCC(c2cc3c(c(-c4ccc(F)cc4)n2)OCC3(CF)CF)C2CC2)cc(OC2CC2)c1N. The predicted octanol–water partition coefficient (Wildman–Crippen LogP) is 5.82. The fraction of sp³-hybridized carbons (Fsp3) is 0.394. The van der Waals surface area contributed by atoms with E-state index in [1.807, 2.05) is 0 Å². The molecule has 2 fully saturated rings. The molecule has 2 saturated carbocycles. The summed E-state index contributed by atoms with van der Waals surface area (Å²) in [7, 11) is 0. The minimum atomic E-state index is -1.44. The summed E-state index contributed by atoms with van der Waals surface area (Å²) in [6.07, 6.45) is 5.53. The van der Waals surface area contributed by atoms with Crippen molar-refractivity contribution in [1.82, 2.24) is 10.3 Å². The number of hydrogen-bond acceptors (Lipinski definition) is 6. The lowest BCUT2D eigenvalue weighted by Crippen LogP contribution is -2.33. The summed E-state index contributed by atoms with van der Waals surface area (Å²) in [6, 6.07) is 10.8. The Bertz CT molecular complexity index is 1560. The number of rotatable bonds is 11. The lowest BCUT2D eigenvalue weighted by atomic mass is 9.83. The van der Waals surface area contributed by atoms with E-state index >= 15 is 0 Å². The highest BCUT2D eigenvalue weighted by Gasteiger charge is 2.45. The van der Waals surface area contributed by atoms with Crippen LogP contribution in [0.3, 0.4) is 0 Å². The Hall–Kier alpha value is -4.21. The molecule has 43 heavy (non-hydrogen) atoms. The van der Waals surface area contributed by atoms with Gasteiger partial charge in [0.1, 0.15) is 43.0 Å². The van der Waals surface area contributed by atoms with Crippen LogP contribution in [0.2, 0.25) is 0 Å². The average Bonchev–Trinajstić information content (AvgIpc) is 3.94. The van der Waals surface area contributed by atoms with E-state index < -0.39 is 24.6 Å². The van der Waals surface area contributed by atoms with Gasteiger partial charge >= 0.3 is 0 Å². The van der Waals surface area contributed by atoms with Crippen LogP contribution in [0.25, 0.3) is 17.3 Å². The number of amides is 1. The summed E-state index contributed by atoms with van der Waals surface area (Å²) in [6.45, 7) is -0.0319. The second-order valence-electron chi connectivity index (χ2n) is 12.0. The number of ether oxygens (including phenoxy) is 2. The molecule has 2 aromatic carbocycles. The molecule has 0 saturated heterocycles. The minimum Gasteiger partial charge on any atom is -0.490 e. The highest BCUT2D eigenvalue weighted by Crippen LogP contribution is 2.48. The molecule has 0 spiro atoms. The van der Waals surface area contributed by atoms with Gasteiger partial charge in [0.2, 0.25) is 0 Å². The van der Waals surface area contributed by atoms with Gasteiger partial charge in [-0.3, -0.25) is 4.79 Å². The smallest absolute Gasteiger partial charge is 0.251 e. The zero-order valence-corrected chi connectivity index (χ0v) is 24.0. The van der Waals surface area contributed by atoms with Crippen molar-refractivity contribution < 1.29 is 27.4 Å². The third-order valence-corrected chi connectivity index (χ3v) is 8.38. The van der Waals surface area contributed by atoms with E-state index in [9.17, 15) is 18.0 Å². The standard InChI is InChI=1S/C33H35F3N4O3/c1-18(37)10-21-11-22(12-28(29(21)38)43-24-8-9-24)32(41)39-14-25(19-2-3-19)27-13-26-31(42-17-33(26,15-34)16-35)30(40-27)20-4-6-23(36)7-5-20/h4-7,10-13,19,24-25H,2-3,8-9,14-17,37-38H2,1H3,(H,39,41)/b18-10-. The fourth-order valence-corrected chi connectivity index (χ4v) is 5.55. The molecular weight excluding hydrogens is 557 g/mol. The molecule has 0 radical (unpaired) electrons. The van der Waals surface area contributed by atoms with E-state index in [2.05, 4.69) is 5.32 Å². The van der Waals surface area contributed by atoms with Gasteiger partial charge in [-0.2, -0.15) is 0 Å². The molecule has 5 N–H and O–H groups in total. The van der Waals surface area contributed by atoms with Crippen molar-refractivity contribution in [2.75, 3.05) is 32.2 Å². The zero-order chi connectivity index (χ0) is 30.3. The van der Waals surface area contributed by atoms with E-state index in [1.165, 1.54) is 12.1 Å². The van der Waals surface area contributed by atoms with Crippen molar-refractivity contribution in [1.29, 1.82) is 0 Å². The Morgan fingerprint density at radius 2 is 1.88 bits per heavy atom. The number of fused-ring (bicyclic) bond motifs is 1. The number of carbonyl (C=O) groups is 1. The normalized spacial score (nSPS) is 18.1. The summed E-state index contributed by atoms with van der Waals surface area (Å²) in [4.78, 5) is 18.4. The highest BCUT2D eigenvalue weighted by atomic mass is 19.1. The molecule has 1 atom stereocenters. The second-order valence-corrected chi connectivity index (χ2v) is 12.0. The molecule has 6 rings (SSSR count). The van der Waals surface area contributed by atoms with Gasteiger partial charge in [0.25, 0.3) is 5.91 Å². The lowest BCUT2D eigenvalue weighted by Gasteiger charge is -2.23. The number of nitrogens with two attached hydrogens (primary N) is 2. The van der Waals surface area contributed by atoms with Gasteiger partial charge in [0.15, 0.2) is 0 Å². The van der Waals surface area contributed by atoms with E-state index in [1.54, 1.807) is 43.3 Å². The molecule has 1 aromatic heterocycles. The number of alkyl halides is 2. The summed E-state index contributed by atoms with van der Waals surface area (Å²) in [5, 5.41) is 3.04. The van der Waals surface area contributed by atoms with Crippen molar-refractivity contribution in [2.45, 2.75) is 50.0 Å². The summed E-state index contributed by atoms with van der Waals surface area (Å²) in [5.41, 5.74) is 14.7. The second kappa shape index (κ2) is 11.5. The monoisotopic (exact) mass is 592 g/mol. The third kappa shape index (κ3) is 5.87. The number of benzene rings is 2. The third-order valence-electron chi connectivity index (χ3n) is 8.38.